The van der Waals surface area contributed by atoms with Gasteiger partial charge in [0.1, 0.15) is 4.91 Å². The van der Waals surface area contributed by atoms with Gasteiger partial charge in [-0.05, 0) is 27.7 Å². The second-order valence-electron chi connectivity index (χ2n) is 4.91. The minimum atomic E-state index is -0.421. The Hall–Kier alpha value is -0.425. The first-order chi connectivity index (χ1) is 7.36. The van der Waals surface area contributed by atoms with Crippen LogP contribution in [0.15, 0.2) is 6.20 Å². The number of aliphatic hydroxyl groups is 1. The van der Waals surface area contributed by atoms with Gasteiger partial charge in [0.25, 0.3) is 0 Å². The molecule has 1 aliphatic rings. The zero-order valence-corrected chi connectivity index (χ0v) is 10.8. The van der Waals surface area contributed by atoms with Gasteiger partial charge in [0.2, 0.25) is 0 Å². The summed E-state index contributed by atoms with van der Waals surface area (Å²) in [5.74, 6) is 0. The van der Waals surface area contributed by atoms with Crippen LogP contribution in [0.5, 0.6) is 0 Å². The Morgan fingerprint density at radius 3 is 2.31 bits per heavy atom. The van der Waals surface area contributed by atoms with E-state index in [1.165, 1.54) is 11.3 Å². The Morgan fingerprint density at radius 1 is 1.31 bits per heavy atom. The molecule has 0 radical (unpaired) electrons. The maximum absolute atomic E-state index is 8.99. The van der Waals surface area contributed by atoms with Crippen molar-refractivity contribution in [3.05, 3.63) is 11.1 Å². The van der Waals surface area contributed by atoms with E-state index in [2.05, 4.69) is 4.98 Å². The van der Waals surface area contributed by atoms with Crippen LogP contribution in [-0.4, -0.2) is 28.4 Å². The molecule has 6 heteroatoms. The maximum atomic E-state index is 8.99. The fourth-order valence-electron chi connectivity index (χ4n) is 1.45. The van der Waals surface area contributed by atoms with Crippen LogP contribution in [0.25, 0.3) is 0 Å². The Morgan fingerprint density at radius 2 is 1.88 bits per heavy atom. The SMILES string of the molecule is CC1(C)OB(c2ncc(CO)s2)OC1(C)C. The summed E-state index contributed by atoms with van der Waals surface area (Å²) < 4.78 is 11.7. The summed E-state index contributed by atoms with van der Waals surface area (Å²) in [4.78, 5) is 5.80. The molecule has 0 aromatic carbocycles. The third kappa shape index (κ3) is 1.90. The Kier molecular flexibility index (Phi) is 2.86. The van der Waals surface area contributed by atoms with Gasteiger partial charge in [-0.1, -0.05) is 0 Å². The second-order valence-corrected chi connectivity index (χ2v) is 6.06. The number of nitrogens with zero attached hydrogens (tertiary/aromatic N) is 1. The lowest BCUT2D eigenvalue weighted by Gasteiger charge is -2.32. The molecule has 1 fully saturated rings. The van der Waals surface area contributed by atoms with Crippen LogP contribution in [0.4, 0.5) is 0 Å². The lowest BCUT2D eigenvalue weighted by molar-refractivity contribution is 0.00578. The van der Waals surface area contributed by atoms with Gasteiger partial charge in [-0.15, -0.1) is 11.3 Å². The summed E-state index contributed by atoms with van der Waals surface area (Å²) in [5.41, 5.74) is -0.689. The largest absolute Gasteiger partial charge is 0.525 e. The van der Waals surface area contributed by atoms with Gasteiger partial charge in [-0.25, -0.2) is 0 Å². The molecule has 4 nitrogen and oxygen atoms in total. The van der Waals surface area contributed by atoms with E-state index in [4.69, 9.17) is 14.4 Å². The van der Waals surface area contributed by atoms with E-state index < -0.39 is 7.12 Å². The van der Waals surface area contributed by atoms with Crippen LogP contribution >= 0.6 is 11.3 Å². The molecule has 1 saturated heterocycles. The Balaban J connectivity index is 2.20. The number of thiazole rings is 1. The molecule has 1 aromatic heterocycles. The van der Waals surface area contributed by atoms with Gasteiger partial charge in [0.15, 0.2) is 0 Å². The molecule has 1 aromatic rings. The maximum Gasteiger partial charge on any atom is 0.525 e. The molecule has 0 spiro atoms. The van der Waals surface area contributed by atoms with E-state index in [-0.39, 0.29) is 17.8 Å². The van der Waals surface area contributed by atoms with Crippen LogP contribution in [0.2, 0.25) is 0 Å². The minimum absolute atomic E-state index is 0.0111. The lowest BCUT2D eigenvalue weighted by Crippen LogP contribution is -2.41. The quantitative estimate of drug-likeness (QED) is 0.783. The van der Waals surface area contributed by atoms with E-state index in [0.717, 1.165) is 9.78 Å². The van der Waals surface area contributed by atoms with Gasteiger partial charge in [-0.3, -0.25) is 4.98 Å². The molecule has 2 heterocycles. The number of hydrogen-bond acceptors (Lipinski definition) is 5. The molecule has 0 saturated carbocycles. The van der Waals surface area contributed by atoms with Crippen molar-refractivity contribution in [1.82, 2.24) is 4.98 Å². The molecule has 2 rings (SSSR count). The van der Waals surface area contributed by atoms with Crippen molar-refractivity contribution >= 4 is 23.4 Å². The highest BCUT2D eigenvalue weighted by atomic mass is 32.1. The number of hydrogen-bond donors (Lipinski definition) is 1. The number of aromatic nitrogens is 1. The van der Waals surface area contributed by atoms with E-state index in [0.29, 0.717) is 0 Å². The minimum Gasteiger partial charge on any atom is -0.398 e. The zero-order valence-electron chi connectivity index (χ0n) is 9.98. The summed E-state index contributed by atoms with van der Waals surface area (Å²) in [7, 11) is -0.421. The van der Waals surface area contributed by atoms with Gasteiger partial charge in [0, 0.05) is 11.1 Å². The average molecular weight is 241 g/mol. The molecule has 1 aliphatic heterocycles. The number of rotatable bonds is 2. The molecule has 0 atom stereocenters. The van der Waals surface area contributed by atoms with Crippen LogP contribution in [0, 0.1) is 0 Å². The van der Waals surface area contributed by atoms with Gasteiger partial charge in [-0.2, -0.15) is 0 Å². The van der Waals surface area contributed by atoms with Crippen molar-refractivity contribution in [2.24, 2.45) is 0 Å². The summed E-state index contributed by atoms with van der Waals surface area (Å²) in [5, 5.41) is 8.99. The number of aliphatic hydroxyl groups excluding tert-OH is 1. The van der Waals surface area contributed by atoms with E-state index in [9.17, 15) is 0 Å². The summed E-state index contributed by atoms with van der Waals surface area (Å²) in [6, 6.07) is 0. The van der Waals surface area contributed by atoms with Crippen molar-refractivity contribution in [3.8, 4) is 0 Å². The first-order valence-corrected chi connectivity index (χ1v) is 6.08. The molecular formula is C10H16BNO3S. The Bertz CT molecular complexity index is 375. The van der Waals surface area contributed by atoms with Crippen LogP contribution in [0.1, 0.15) is 32.6 Å². The topological polar surface area (TPSA) is 51.6 Å². The van der Waals surface area contributed by atoms with E-state index in [1.54, 1.807) is 6.20 Å². The Labute approximate surface area is 99.8 Å². The summed E-state index contributed by atoms with van der Waals surface area (Å²) in [6.45, 7) is 8.04. The standard InChI is InChI=1S/C10H16BNO3S/c1-9(2)10(3,4)15-11(14-9)8-12-5-7(6-13)16-8/h5,13H,6H2,1-4H3. The fourth-order valence-corrected chi connectivity index (χ4v) is 2.19. The highest BCUT2D eigenvalue weighted by Crippen LogP contribution is 2.36. The third-order valence-electron chi connectivity index (χ3n) is 3.18. The molecule has 16 heavy (non-hydrogen) atoms. The summed E-state index contributed by atoms with van der Waals surface area (Å²) in [6.07, 6.45) is 1.66. The highest BCUT2D eigenvalue weighted by molar-refractivity contribution is 7.21. The van der Waals surface area contributed by atoms with E-state index in [1.807, 2.05) is 27.7 Å². The van der Waals surface area contributed by atoms with E-state index >= 15 is 0 Å². The first-order valence-electron chi connectivity index (χ1n) is 5.27. The van der Waals surface area contributed by atoms with Crippen molar-refractivity contribution in [2.75, 3.05) is 0 Å². The normalized spacial score (nSPS) is 22.7. The van der Waals surface area contributed by atoms with Crippen LogP contribution < -0.4 is 4.91 Å². The van der Waals surface area contributed by atoms with Crippen molar-refractivity contribution in [2.45, 2.75) is 45.5 Å². The second kappa shape index (κ2) is 3.80. The predicted octanol–water partition coefficient (Wildman–Crippen LogP) is 0.935. The molecular weight excluding hydrogens is 225 g/mol. The molecule has 0 aliphatic carbocycles. The van der Waals surface area contributed by atoms with Gasteiger partial charge in [0.05, 0.1) is 17.8 Å². The molecule has 1 N–H and O–H groups in total. The van der Waals surface area contributed by atoms with Crippen molar-refractivity contribution < 1.29 is 14.4 Å². The van der Waals surface area contributed by atoms with Gasteiger partial charge < -0.3 is 14.4 Å². The first kappa shape index (κ1) is 12.0. The third-order valence-corrected chi connectivity index (χ3v) is 4.19. The predicted molar refractivity (Wildman–Crippen MR) is 63.8 cm³/mol. The molecule has 0 bridgehead atoms. The molecule has 88 valence electrons. The molecule has 0 amide bonds. The summed E-state index contributed by atoms with van der Waals surface area (Å²) >= 11 is 1.42. The monoisotopic (exact) mass is 241 g/mol. The van der Waals surface area contributed by atoms with Gasteiger partial charge >= 0.3 is 7.12 Å². The fraction of sp³-hybridized carbons (Fsp3) is 0.700. The lowest BCUT2D eigenvalue weighted by atomic mass is 9.90. The smallest absolute Gasteiger partial charge is 0.398 e. The van der Waals surface area contributed by atoms with Crippen molar-refractivity contribution in [3.63, 3.8) is 0 Å². The van der Waals surface area contributed by atoms with Crippen LogP contribution in [-0.2, 0) is 15.9 Å². The highest BCUT2D eigenvalue weighted by Gasteiger charge is 2.52. The average Bonchev–Trinajstić information content (AvgIpc) is 2.70. The zero-order chi connectivity index (χ0) is 12.0. The molecule has 0 unspecified atom stereocenters. The van der Waals surface area contributed by atoms with Crippen LogP contribution in [0.3, 0.4) is 0 Å². The van der Waals surface area contributed by atoms with Crippen molar-refractivity contribution in [1.29, 1.82) is 0 Å².